The van der Waals surface area contributed by atoms with Crippen LogP contribution in [0.25, 0.3) is 0 Å². The number of thioether (sulfide) groups is 1. The van der Waals surface area contributed by atoms with Crippen molar-refractivity contribution in [2.24, 2.45) is 0 Å². The van der Waals surface area contributed by atoms with E-state index >= 15 is 0 Å². The molecule has 100 valence electrons. The third kappa shape index (κ3) is 3.40. The number of aliphatic hydroxyl groups is 1. The van der Waals surface area contributed by atoms with E-state index in [1.807, 2.05) is 36.4 Å². The van der Waals surface area contributed by atoms with E-state index in [0.29, 0.717) is 5.92 Å². The van der Waals surface area contributed by atoms with Gasteiger partial charge in [-0.2, -0.15) is 0 Å². The molecule has 1 atom stereocenters. The minimum absolute atomic E-state index is 0.520. The van der Waals surface area contributed by atoms with Gasteiger partial charge in [-0.3, -0.25) is 0 Å². The molecule has 0 amide bonds. The first kappa shape index (κ1) is 14.2. The summed E-state index contributed by atoms with van der Waals surface area (Å²) in [5, 5.41) is 10.4. The molecular formula is C17H20OS. The lowest BCUT2D eigenvalue weighted by Gasteiger charge is -2.13. The summed E-state index contributed by atoms with van der Waals surface area (Å²) >= 11 is 1.71. The van der Waals surface area contributed by atoms with Gasteiger partial charge in [0.1, 0.15) is 6.10 Å². The molecule has 1 N–H and O–H groups in total. The van der Waals surface area contributed by atoms with Gasteiger partial charge in [0.05, 0.1) is 0 Å². The van der Waals surface area contributed by atoms with E-state index in [0.717, 1.165) is 11.1 Å². The van der Waals surface area contributed by atoms with Gasteiger partial charge in [-0.05, 0) is 41.0 Å². The van der Waals surface area contributed by atoms with Crippen LogP contribution in [-0.4, -0.2) is 11.4 Å². The summed E-state index contributed by atoms with van der Waals surface area (Å²) in [5.74, 6) is 0.520. The van der Waals surface area contributed by atoms with Crippen LogP contribution in [0.1, 0.15) is 42.6 Å². The molecule has 0 aromatic heterocycles. The van der Waals surface area contributed by atoms with Crippen molar-refractivity contribution >= 4 is 11.8 Å². The Hall–Kier alpha value is -1.25. The molecule has 0 saturated carbocycles. The van der Waals surface area contributed by atoms with Crippen LogP contribution in [0.15, 0.2) is 53.4 Å². The fraction of sp³-hybridized carbons (Fsp3) is 0.294. The molecule has 0 radical (unpaired) electrons. The number of hydrogen-bond donors (Lipinski definition) is 1. The highest BCUT2D eigenvalue weighted by molar-refractivity contribution is 7.98. The average molecular weight is 272 g/mol. The number of benzene rings is 2. The van der Waals surface area contributed by atoms with Gasteiger partial charge < -0.3 is 5.11 Å². The molecule has 0 aliphatic rings. The van der Waals surface area contributed by atoms with Gasteiger partial charge >= 0.3 is 0 Å². The molecule has 2 aromatic carbocycles. The minimum Gasteiger partial charge on any atom is -0.384 e. The smallest absolute Gasteiger partial charge is 0.104 e. The van der Waals surface area contributed by atoms with Crippen LogP contribution < -0.4 is 0 Å². The normalized spacial score (nSPS) is 12.7. The summed E-state index contributed by atoms with van der Waals surface area (Å²) in [4.78, 5) is 1.21. The predicted octanol–water partition coefficient (Wildman–Crippen LogP) is 4.61. The molecule has 0 fully saturated rings. The van der Waals surface area contributed by atoms with Crippen LogP contribution in [-0.2, 0) is 0 Å². The second-order valence-electron chi connectivity index (χ2n) is 5.00. The topological polar surface area (TPSA) is 20.2 Å². The van der Waals surface area contributed by atoms with Crippen molar-refractivity contribution < 1.29 is 5.11 Å². The minimum atomic E-state index is -0.544. The molecule has 2 heteroatoms. The average Bonchev–Trinajstić information content (AvgIpc) is 2.46. The van der Waals surface area contributed by atoms with Gasteiger partial charge in [0.15, 0.2) is 0 Å². The molecule has 0 saturated heterocycles. The van der Waals surface area contributed by atoms with Crippen LogP contribution in [0.3, 0.4) is 0 Å². The van der Waals surface area contributed by atoms with Crippen molar-refractivity contribution in [1.29, 1.82) is 0 Å². The molecule has 2 aromatic rings. The summed E-state index contributed by atoms with van der Waals surface area (Å²) in [5.41, 5.74) is 3.19. The standard InChI is InChI=1S/C17H20OS/c1-12(2)13-4-6-14(7-5-13)17(18)15-8-10-16(19-3)11-9-15/h4-12,17-18H,1-3H3. The van der Waals surface area contributed by atoms with E-state index in [4.69, 9.17) is 0 Å². The van der Waals surface area contributed by atoms with Crippen LogP contribution in [0.2, 0.25) is 0 Å². The quantitative estimate of drug-likeness (QED) is 0.820. The Morgan fingerprint density at radius 1 is 0.789 bits per heavy atom. The molecule has 0 bridgehead atoms. The Labute approximate surface area is 119 Å². The van der Waals surface area contributed by atoms with Crippen molar-refractivity contribution in [3.05, 3.63) is 65.2 Å². The first-order valence-corrected chi connectivity index (χ1v) is 7.76. The Morgan fingerprint density at radius 2 is 1.21 bits per heavy atom. The van der Waals surface area contributed by atoms with E-state index in [9.17, 15) is 5.11 Å². The van der Waals surface area contributed by atoms with Crippen molar-refractivity contribution in [3.8, 4) is 0 Å². The van der Waals surface area contributed by atoms with Crippen molar-refractivity contribution in [2.45, 2.75) is 30.8 Å². The summed E-state index contributed by atoms with van der Waals surface area (Å²) in [6.45, 7) is 4.35. The molecule has 0 aliphatic carbocycles. The van der Waals surface area contributed by atoms with Gasteiger partial charge in [0.25, 0.3) is 0 Å². The van der Waals surface area contributed by atoms with Crippen LogP contribution >= 0.6 is 11.8 Å². The summed E-state index contributed by atoms with van der Waals surface area (Å²) in [6, 6.07) is 16.3. The maximum absolute atomic E-state index is 10.4. The first-order valence-electron chi connectivity index (χ1n) is 6.53. The number of hydrogen-bond acceptors (Lipinski definition) is 2. The lowest BCUT2D eigenvalue weighted by molar-refractivity contribution is 0.220. The molecule has 0 aliphatic heterocycles. The van der Waals surface area contributed by atoms with E-state index in [1.54, 1.807) is 11.8 Å². The van der Waals surface area contributed by atoms with Crippen molar-refractivity contribution in [2.75, 3.05) is 6.26 Å². The third-order valence-corrected chi connectivity index (χ3v) is 4.09. The fourth-order valence-corrected chi connectivity index (χ4v) is 2.45. The van der Waals surface area contributed by atoms with Gasteiger partial charge in [-0.25, -0.2) is 0 Å². The van der Waals surface area contributed by atoms with Crippen molar-refractivity contribution in [3.63, 3.8) is 0 Å². The summed E-state index contributed by atoms with van der Waals surface area (Å²) in [6.07, 6.45) is 1.51. The van der Waals surface area contributed by atoms with E-state index in [1.165, 1.54) is 10.5 Å². The largest absolute Gasteiger partial charge is 0.384 e. The highest BCUT2D eigenvalue weighted by Crippen LogP contribution is 2.25. The molecule has 2 rings (SSSR count). The van der Waals surface area contributed by atoms with Gasteiger partial charge in [-0.15, -0.1) is 11.8 Å². The Kier molecular flexibility index (Phi) is 4.67. The van der Waals surface area contributed by atoms with Gasteiger partial charge in [0, 0.05) is 4.90 Å². The zero-order chi connectivity index (χ0) is 13.8. The molecular weight excluding hydrogens is 252 g/mol. The lowest BCUT2D eigenvalue weighted by Crippen LogP contribution is -2.00. The fourth-order valence-electron chi connectivity index (χ4n) is 2.04. The van der Waals surface area contributed by atoms with E-state index < -0.39 is 6.10 Å². The Morgan fingerprint density at radius 3 is 1.63 bits per heavy atom. The molecule has 0 heterocycles. The van der Waals surface area contributed by atoms with Crippen LogP contribution in [0, 0.1) is 0 Å². The predicted molar refractivity (Wildman–Crippen MR) is 82.8 cm³/mol. The monoisotopic (exact) mass is 272 g/mol. The maximum Gasteiger partial charge on any atom is 0.104 e. The molecule has 19 heavy (non-hydrogen) atoms. The van der Waals surface area contributed by atoms with E-state index in [-0.39, 0.29) is 0 Å². The summed E-state index contributed by atoms with van der Waals surface area (Å²) < 4.78 is 0. The number of aliphatic hydroxyl groups excluding tert-OH is 1. The molecule has 0 spiro atoms. The first-order chi connectivity index (χ1) is 9.11. The van der Waals surface area contributed by atoms with Crippen LogP contribution in [0.4, 0.5) is 0 Å². The second-order valence-corrected chi connectivity index (χ2v) is 5.88. The van der Waals surface area contributed by atoms with Gasteiger partial charge in [0.2, 0.25) is 0 Å². The maximum atomic E-state index is 10.4. The van der Waals surface area contributed by atoms with Crippen molar-refractivity contribution in [1.82, 2.24) is 0 Å². The highest BCUT2D eigenvalue weighted by Gasteiger charge is 2.10. The lowest BCUT2D eigenvalue weighted by atomic mass is 9.97. The molecule has 1 unspecified atom stereocenters. The Bertz CT molecular complexity index is 514. The zero-order valence-corrected chi connectivity index (χ0v) is 12.4. The second kappa shape index (κ2) is 6.27. The number of rotatable bonds is 4. The highest BCUT2D eigenvalue weighted by atomic mass is 32.2. The summed E-state index contributed by atoms with van der Waals surface area (Å²) in [7, 11) is 0. The third-order valence-electron chi connectivity index (χ3n) is 3.35. The van der Waals surface area contributed by atoms with Gasteiger partial charge in [-0.1, -0.05) is 50.2 Å². The molecule has 1 nitrogen and oxygen atoms in total. The zero-order valence-electron chi connectivity index (χ0n) is 11.6. The SMILES string of the molecule is CSc1ccc(C(O)c2ccc(C(C)C)cc2)cc1. The van der Waals surface area contributed by atoms with E-state index in [2.05, 4.69) is 32.2 Å². The Balaban J connectivity index is 2.20. The van der Waals surface area contributed by atoms with Crippen LogP contribution in [0.5, 0.6) is 0 Å².